The van der Waals surface area contributed by atoms with Crippen LogP contribution < -0.4 is 10.1 Å². The fourth-order valence-corrected chi connectivity index (χ4v) is 4.22. The molecule has 4 heteroatoms. The number of ether oxygens (including phenoxy) is 1. The Balaban J connectivity index is 0.00000156. The number of rotatable bonds is 5. The minimum Gasteiger partial charge on any atom is -0.481 e. The van der Waals surface area contributed by atoms with Crippen LogP contribution in [0, 0.1) is 5.92 Å². The van der Waals surface area contributed by atoms with Crippen molar-refractivity contribution in [1.82, 2.24) is 5.32 Å². The Morgan fingerprint density at radius 1 is 1.13 bits per heavy atom. The molecule has 0 saturated heterocycles. The van der Waals surface area contributed by atoms with Gasteiger partial charge < -0.3 is 10.1 Å². The van der Waals surface area contributed by atoms with Crippen LogP contribution in [0.4, 0.5) is 0 Å². The molecule has 0 spiro atoms. The highest BCUT2D eigenvalue weighted by atomic mass is 35.5. The smallest absolute Gasteiger partial charge is 0.148 e. The van der Waals surface area contributed by atoms with Crippen LogP contribution in [0.2, 0.25) is 0 Å². The fourth-order valence-electron chi connectivity index (χ4n) is 3.27. The molecule has 120 valence electrons. The Morgan fingerprint density at radius 3 is 2.74 bits per heavy atom. The molecule has 1 aromatic heterocycles. The molecule has 2 aromatic carbocycles. The van der Waals surface area contributed by atoms with E-state index in [1.165, 1.54) is 15.6 Å². The summed E-state index contributed by atoms with van der Waals surface area (Å²) < 4.78 is 6.61. The van der Waals surface area contributed by atoms with E-state index in [9.17, 15) is 0 Å². The first-order chi connectivity index (χ1) is 10.8. The SMILES string of the molecule is CNC[C@@H]1C[C@@]1(Oc1cccc2ccccc12)c1cccs1.Cl. The van der Waals surface area contributed by atoms with Crippen LogP contribution in [0.1, 0.15) is 11.3 Å². The zero-order chi connectivity index (χ0) is 15.0. The minimum atomic E-state index is -0.151. The maximum atomic E-state index is 6.61. The van der Waals surface area contributed by atoms with Gasteiger partial charge in [0.25, 0.3) is 0 Å². The number of halogens is 1. The van der Waals surface area contributed by atoms with Gasteiger partial charge in [0, 0.05) is 29.1 Å². The van der Waals surface area contributed by atoms with Crippen molar-refractivity contribution in [1.29, 1.82) is 0 Å². The summed E-state index contributed by atoms with van der Waals surface area (Å²) in [5.74, 6) is 1.53. The van der Waals surface area contributed by atoms with Gasteiger partial charge in [-0.2, -0.15) is 0 Å². The lowest BCUT2D eigenvalue weighted by Crippen LogP contribution is -2.22. The fraction of sp³-hybridized carbons (Fsp3) is 0.263. The Morgan fingerprint density at radius 2 is 1.96 bits per heavy atom. The Kier molecular flexibility index (Phi) is 4.62. The second kappa shape index (κ2) is 6.52. The lowest BCUT2D eigenvalue weighted by Gasteiger charge is -2.20. The molecule has 0 unspecified atom stereocenters. The van der Waals surface area contributed by atoms with Crippen LogP contribution in [0.15, 0.2) is 60.0 Å². The number of benzene rings is 2. The first-order valence-electron chi connectivity index (χ1n) is 7.69. The van der Waals surface area contributed by atoms with E-state index < -0.39 is 0 Å². The van der Waals surface area contributed by atoms with Gasteiger partial charge in [0.15, 0.2) is 0 Å². The second-order valence-electron chi connectivity index (χ2n) is 5.90. The number of thiophene rings is 1. The molecule has 1 fully saturated rings. The highest BCUT2D eigenvalue weighted by Gasteiger charge is 2.58. The van der Waals surface area contributed by atoms with Crippen LogP contribution in [0.25, 0.3) is 10.8 Å². The normalized spacial score (nSPS) is 22.6. The van der Waals surface area contributed by atoms with Crippen molar-refractivity contribution < 1.29 is 4.74 Å². The number of hydrogen-bond donors (Lipinski definition) is 1. The number of nitrogens with one attached hydrogen (secondary N) is 1. The summed E-state index contributed by atoms with van der Waals surface area (Å²) in [7, 11) is 2.01. The monoisotopic (exact) mass is 345 g/mol. The van der Waals surface area contributed by atoms with E-state index in [0.29, 0.717) is 5.92 Å². The van der Waals surface area contributed by atoms with Gasteiger partial charge in [-0.1, -0.05) is 42.5 Å². The van der Waals surface area contributed by atoms with Crippen LogP contribution in [-0.4, -0.2) is 13.6 Å². The Bertz CT molecular complexity index is 784. The van der Waals surface area contributed by atoms with Crippen LogP contribution in [0.5, 0.6) is 5.75 Å². The molecule has 2 nitrogen and oxygen atoms in total. The van der Waals surface area contributed by atoms with Crippen molar-refractivity contribution >= 4 is 34.5 Å². The van der Waals surface area contributed by atoms with E-state index in [-0.39, 0.29) is 18.0 Å². The predicted molar refractivity (Wildman–Crippen MR) is 99.9 cm³/mol. The molecule has 0 amide bonds. The molecule has 23 heavy (non-hydrogen) atoms. The molecule has 2 atom stereocenters. The summed E-state index contributed by atoms with van der Waals surface area (Å²) in [5.41, 5.74) is -0.151. The number of hydrogen-bond acceptors (Lipinski definition) is 3. The van der Waals surface area contributed by atoms with Gasteiger partial charge in [-0.3, -0.25) is 0 Å². The summed E-state index contributed by atoms with van der Waals surface area (Å²) >= 11 is 1.79. The second-order valence-corrected chi connectivity index (χ2v) is 6.85. The maximum absolute atomic E-state index is 6.61. The van der Waals surface area contributed by atoms with Gasteiger partial charge in [-0.25, -0.2) is 0 Å². The first-order valence-corrected chi connectivity index (χ1v) is 8.57. The molecule has 0 aliphatic heterocycles. The molecular weight excluding hydrogens is 326 g/mol. The number of fused-ring (bicyclic) bond motifs is 1. The van der Waals surface area contributed by atoms with E-state index in [1.807, 2.05) is 7.05 Å². The Hall–Kier alpha value is -1.55. The van der Waals surface area contributed by atoms with Crippen LogP contribution in [0.3, 0.4) is 0 Å². The molecule has 1 heterocycles. The molecular formula is C19H20ClNOS. The van der Waals surface area contributed by atoms with Crippen LogP contribution in [-0.2, 0) is 5.60 Å². The third-order valence-electron chi connectivity index (χ3n) is 4.48. The first kappa shape index (κ1) is 16.3. The molecule has 1 N–H and O–H groups in total. The van der Waals surface area contributed by atoms with Gasteiger partial charge >= 0.3 is 0 Å². The van der Waals surface area contributed by atoms with Gasteiger partial charge in [0.1, 0.15) is 11.4 Å². The average Bonchev–Trinajstić information content (AvgIpc) is 2.99. The van der Waals surface area contributed by atoms with E-state index in [4.69, 9.17) is 4.74 Å². The van der Waals surface area contributed by atoms with Gasteiger partial charge in [0.2, 0.25) is 0 Å². The summed E-state index contributed by atoms with van der Waals surface area (Å²) in [5, 5.41) is 7.85. The third-order valence-corrected chi connectivity index (χ3v) is 5.51. The molecule has 0 bridgehead atoms. The lowest BCUT2D eigenvalue weighted by atomic mass is 10.1. The average molecular weight is 346 g/mol. The van der Waals surface area contributed by atoms with Crippen molar-refractivity contribution in [2.75, 3.05) is 13.6 Å². The molecule has 4 rings (SSSR count). The van der Waals surface area contributed by atoms with Crippen molar-refractivity contribution in [2.24, 2.45) is 5.92 Å². The third kappa shape index (κ3) is 2.85. The molecule has 1 aliphatic rings. The summed E-state index contributed by atoms with van der Waals surface area (Å²) in [4.78, 5) is 1.33. The molecule has 1 saturated carbocycles. The van der Waals surface area contributed by atoms with E-state index in [2.05, 4.69) is 65.3 Å². The standard InChI is InChI=1S/C19H19NOS.ClH/c1-20-13-15-12-19(15,18-10-5-11-22-18)21-17-9-4-7-14-6-2-3-8-16(14)17;/h2-11,15,20H,12-13H2,1H3;1H/t15-,19-;/m0./s1. The molecule has 1 aliphatic carbocycles. The Labute approximate surface area is 146 Å². The van der Waals surface area contributed by atoms with E-state index in [0.717, 1.165) is 18.7 Å². The highest BCUT2D eigenvalue weighted by Crippen LogP contribution is 2.56. The summed E-state index contributed by atoms with van der Waals surface area (Å²) in [6.07, 6.45) is 1.08. The lowest BCUT2D eigenvalue weighted by molar-refractivity contribution is 0.167. The maximum Gasteiger partial charge on any atom is 0.148 e. The van der Waals surface area contributed by atoms with E-state index >= 15 is 0 Å². The molecule has 0 radical (unpaired) electrons. The summed E-state index contributed by atoms with van der Waals surface area (Å²) in [6.45, 7) is 0.989. The van der Waals surface area contributed by atoms with E-state index in [1.54, 1.807) is 11.3 Å². The van der Waals surface area contributed by atoms with Crippen LogP contribution >= 0.6 is 23.7 Å². The minimum absolute atomic E-state index is 0. The van der Waals surface area contributed by atoms with Crippen molar-refractivity contribution in [3.8, 4) is 5.75 Å². The van der Waals surface area contributed by atoms with Crippen molar-refractivity contribution in [2.45, 2.75) is 12.0 Å². The zero-order valence-corrected chi connectivity index (χ0v) is 14.6. The van der Waals surface area contributed by atoms with Gasteiger partial charge in [-0.15, -0.1) is 23.7 Å². The highest BCUT2D eigenvalue weighted by molar-refractivity contribution is 7.10. The topological polar surface area (TPSA) is 21.3 Å². The molecule has 3 aromatic rings. The van der Waals surface area contributed by atoms with Crippen molar-refractivity contribution in [3.63, 3.8) is 0 Å². The predicted octanol–water partition coefficient (Wildman–Crippen LogP) is 4.84. The summed E-state index contributed by atoms with van der Waals surface area (Å²) in [6, 6.07) is 19.0. The van der Waals surface area contributed by atoms with Gasteiger partial charge in [0.05, 0.1) is 0 Å². The zero-order valence-electron chi connectivity index (χ0n) is 13.0. The van der Waals surface area contributed by atoms with Gasteiger partial charge in [-0.05, 0) is 29.9 Å². The van der Waals surface area contributed by atoms with Crippen molar-refractivity contribution in [3.05, 3.63) is 64.9 Å². The largest absolute Gasteiger partial charge is 0.481 e. The quantitative estimate of drug-likeness (QED) is 0.714.